The lowest BCUT2D eigenvalue weighted by molar-refractivity contribution is 0.415. The lowest BCUT2D eigenvalue weighted by atomic mass is 10.1. The molecule has 0 N–H and O–H groups in total. The van der Waals surface area contributed by atoms with Crippen LogP contribution < -0.4 is 4.74 Å². The van der Waals surface area contributed by atoms with Gasteiger partial charge in [-0.25, -0.2) is 0 Å². The molecule has 0 aliphatic carbocycles. The Labute approximate surface area is 175 Å². The van der Waals surface area contributed by atoms with Gasteiger partial charge in [0.05, 0.1) is 13.7 Å². The molecule has 4 heteroatoms. The minimum absolute atomic E-state index is 0.692. The second kappa shape index (κ2) is 7.84. The molecule has 0 saturated heterocycles. The van der Waals surface area contributed by atoms with Gasteiger partial charge in [0.2, 0.25) is 0 Å². The van der Waals surface area contributed by atoms with Crippen LogP contribution in [-0.4, -0.2) is 21.9 Å². The average Bonchev–Trinajstić information content (AvgIpc) is 3.23. The Morgan fingerprint density at radius 1 is 0.667 bits per heavy atom. The van der Waals surface area contributed by atoms with E-state index in [-0.39, 0.29) is 0 Å². The Hall–Kier alpha value is -3.92. The second-order valence-electron chi connectivity index (χ2n) is 7.21. The van der Waals surface area contributed by atoms with Gasteiger partial charge in [-0.3, -0.25) is 0 Å². The van der Waals surface area contributed by atoms with Crippen LogP contribution in [0.15, 0.2) is 97.1 Å². The van der Waals surface area contributed by atoms with Crippen molar-refractivity contribution in [1.29, 1.82) is 0 Å². The van der Waals surface area contributed by atoms with Crippen molar-refractivity contribution in [1.82, 2.24) is 14.8 Å². The van der Waals surface area contributed by atoms with Crippen LogP contribution in [0.25, 0.3) is 33.5 Å². The first-order valence-corrected chi connectivity index (χ1v) is 9.92. The molecule has 1 heterocycles. The molecular weight excluding hydrogens is 370 g/mol. The van der Waals surface area contributed by atoms with Crippen LogP contribution >= 0.6 is 0 Å². The number of rotatable bonds is 5. The Morgan fingerprint density at radius 2 is 1.30 bits per heavy atom. The number of aromatic nitrogens is 3. The molecular formula is C26H21N3O. The van der Waals surface area contributed by atoms with Crippen molar-refractivity contribution in [3.63, 3.8) is 0 Å². The molecule has 0 spiro atoms. The fourth-order valence-electron chi connectivity index (χ4n) is 3.71. The highest BCUT2D eigenvalue weighted by Crippen LogP contribution is 2.29. The molecule has 0 atom stereocenters. The fourth-order valence-corrected chi connectivity index (χ4v) is 3.71. The molecule has 0 aliphatic heterocycles. The van der Waals surface area contributed by atoms with Gasteiger partial charge in [-0.05, 0) is 46.7 Å². The minimum Gasteiger partial charge on any atom is -0.497 e. The lowest BCUT2D eigenvalue weighted by Crippen LogP contribution is -2.04. The van der Waals surface area contributed by atoms with Crippen molar-refractivity contribution in [3.05, 3.63) is 103 Å². The van der Waals surface area contributed by atoms with Crippen LogP contribution in [0, 0.1) is 0 Å². The van der Waals surface area contributed by atoms with Crippen LogP contribution in [0.5, 0.6) is 5.75 Å². The monoisotopic (exact) mass is 391 g/mol. The number of methoxy groups -OCH3 is 1. The highest BCUT2D eigenvalue weighted by molar-refractivity contribution is 5.86. The zero-order valence-corrected chi connectivity index (χ0v) is 16.7. The van der Waals surface area contributed by atoms with Gasteiger partial charge in [-0.2, -0.15) is 0 Å². The molecule has 1 aromatic heterocycles. The molecule has 4 nitrogen and oxygen atoms in total. The fraction of sp³-hybridized carbons (Fsp3) is 0.0769. The van der Waals surface area contributed by atoms with Crippen molar-refractivity contribution in [2.75, 3.05) is 7.11 Å². The largest absolute Gasteiger partial charge is 0.497 e. The van der Waals surface area contributed by atoms with Crippen molar-refractivity contribution in [2.24, 2.45) is 0 Å². The number of fused-ring (bicyclic) bond motifs is 1. The summed E-state index contributed by atoms with van der Waals surface area (Å²) in [7, 11) is 1.67. The lowest BCUT2D eigenvalue weighted by Gasteiger charge is -2.12. The highest BCUT2D eigenvalue weighted by Gasteiger charge is 2.16. The van der Waals surface area contributed by atoms with E-state index >= 15 is 0 Å². The molecule has 0 bridgehead atoms. The third kappa shape index (κ3) is 3.44. The molecule has 0 aliphatic rings. The zero-order valence-electron chi connectivity index (χ0n) is 16.7. The van der Waals surface area contributed by atoms with E-state index < -0.39 is 0 Å². The van der Waals surface area contributed by atoms with Gasteiger partial charge in [0.15, 0.2) is 11.6 Å². The average molecular weight is 391 g/mol. The number of nitrogens with zero attached hydrogens (tertiary/aromatic N) is 3. The van der Waals surface area contributed by atoms with E-state index in [1.165, 1.54) is 16.3 Å². The molecule has 30 heavy (non-hydrogen) atoms. The minimum atomic E-state index is 0.692. The van der Waals surface area contributed by atoms with Crippen LogP contribution in [0.3, 0.4) is 0 Å². The summed E-state index contributed by atoms with van der Waals surface area (Å²) < 4.78 is 7.49. The number of hydrogen-bond donors (Lipinski definition) is 0. The van der Waals surface area contributed by atoms with Gasteiger partial charge < -0.3 is 9.30 Å². The maximum absolute atomic E-state index is 5.30. The van der Waals surface area contributed by atoms with E-state index in [0.29, 0.717) is 6.54 Å². The molecule has 4 aromatic carbocycles. The summed E-state index contributed by atoms with van der Waals surface area (Å²) >= 11 is 0. The molecule has 0 saturated carbocycles. The Kier molecular flexibility index (Phi) is 4.74. The predicted molar refractivity (Wildman–Crippen MR) is 120 cm³/mol. The van der Waals surface area contributed by atoms with Gasteiger partial charge in [0, 0.05) is 11.1 Å². The highest BCUT2D eigenvalue weighted by atomic mass is 16.5. The third-order valence-corrected chi connectivity index (χ3v) is 5.29. The van der Waals surface area contributed by atoms with Crippen molar-refractivity contribution in [3.8, 4) is 28.5 Å². The SMILES string of the molecule is COc1ccc(-c2nnc(-c3ccc4ccccc4c3)n2Cc2ccccc2)cc1. The van der Waals surface area contributed by atoms with E-state index in [0.717, 1.165) is 28.5 Å². The van der Waals surface area contributed by atoms with Crippen molar-refractivity contribution >= 4 is 10.8 Å². The maximum Gasteiger partial charge on any atom is 0.164 e. The quantitative estimate of drug-likeness (QED) is 0.379. The van der Waals surface area contributed by atoms with Gasteiger partial charge >= 0.3 is 0 Å². The molecule has 5 rings (SSSR count). The molecule has 0 radical (unpaired) electrons. The van der Waals surface area contributed by atoms with E-state index in [4.69, 9.17) is 4.74 Å². The van der Waals surface area contributed by atoms with Crippen molar-refractivity contribution in [2.45, 2.75) is 6.54 Å². The molecule has 0 amide bonds. The Bertz CT molecular complexity index is 1290. The zero-order chi connectivity index (χ0) is 20.3. The Morgan fingerprint density at radius 3 is 2.03 bits per heavy atom. The third-order valence-electron chi connectivity index (χ3n) is 5.29. The summed E-state index contributed by atoms with van der Waals surface area (Å²) in [6.45, 7) is 0.692. The Balaban J connectivity index is 1.64. The van der Waals surface area contributed by atoms with Gasteiger partial charge in [0.1, 0.15) is 5.75 Å². The van der Waals surface area contributed by atoms with Crippen LogP contribution in [0.4, 0.5) is 0 Å². The summed E-state index contributed by atoms with van der Waals surface area (Å²) in [5, 5.41) is 11.6. The van der Waals surface area contributed by atoms with E-state index in [1.54, 1.807) is 7.11 Å². The molecule has 0 unspecified atom stereocenters. The van der Waals surface area contributed by atoms with E-state index in [1.807, 2.05) is 30.3 Å². The van der Waals surface area contributed by atoms with Crippen LogP contribution in [0.2, 0.25) is 0 Å². The summed E-state index contributed by atoms with van der Waals surface area (Å²) in [4.78, 5) is 0. The molecule has 146 valence electrons. The normalized spacial score (nSPS) is 11.0. The summed E-state index contributed by atoms with van der Waals surface area (Å²) in [6.07, 6.45) is 0. The van der Waals surface area contributed by atoms with E-state index in [2.05, 4.69) is 81.5 Å². The molecule has 0 fully saturated rings. The summed E-state index contributed by atoms with van der Waals surface area (Å²) in [5.74, 6) is 2.52. The maximum atomic E-state index is 5.30. The number of hydrogen-bond acceptors (Lipinski definition) is 3. The number of ether oxygens (including phenoxy) is 1. The van der Waals surface area contributed by atoms with Crippen LogP contribution in [-0.2, 0) is 6.54 Å². The summed E-state index contributed by atoms with van der Waals surface area (Å²) in [6, 6.07) is 33.1. The number of benzene rings is 4. The first-order chi connectivity index (χ1) is 14.8. The molecule has 5 aromatic rings. The van der Waals surface area contributed by atoms with Gasteiger partial charge in [-0.15, -0.1) is 10.2 Å². The summed E-state index contributed by atoms with van der Waals surface area (Å²) in [5.41, 5.74) is 3.26. The standard InChI is InChI=1S/C26H21N3O/c1-30-24-15-13-21(14-16-24)25-27-28-26(29(25)18-19-7-3-2-4-8-19)23-12-11-20-9-5-6-10-22(20)17-23/h2-17H,18H2,1H3. The van der Waals surface area contributed by atoms with Crippen LogP contribution in [0.1, 0.15) is 5.56 Å². The van der Waals surface area contributed by atoms with E-state index in [9.17, 15) is 0 Å². The predicted octanol–water partition coefficient (Wildman–Crippen LogP) is 5.82. The van der Waals surface area contributed by atoms with Crippen molar-refractivity contribution < 1.29 is 4.74 Å². The smallest absolute Gasteiger partial charge is 0.164 e. The van der Waals surface area contributed by atoms with Gasteiger partial charge in [0.25, 0.3) is 0 Å². The second-order valence-corrected chi connectivity index (χ2v) is 7.21. The first kappa shape index (κ1) is 18.1. The van der Waals surface area contributed by atoms with Gasteiger partial charge in [-0.1, -0.05) is 66.7 Å². The first-order valence-electron chi connectivity index (χ1n) is 9.92. The topological polar surface area (TPSA) is 39.9 Å².